The normalized spacial score (nSPS) is 11.5. The van der Waals surface area contributed by atoms with Crippen molar-refractivity contribution in [2.45, 2.75) is 13.5 Å². The highest BCUT2D eigenvalue weighted by molar-refractivity contribution is 9.10. The molecule has 1 heterocycles. The summed E-state index contributed by atoms with van der Waals surface area (Å²) >= 11 is 9.26. The number of phenolic OH excluding ortho intramolecular Hbond substituents is 1. The lowest BCUT2D eigenvalue weighted by Crippen LogP contribution is -1.94. The molecule has 1 amide bonds. The molecule has 0 aliphatic heterocycles. The summed E-state index contributed by atoms with van der Waals surface area (Å²) in [6.45, 7) is 2.39. The van der Waals surface area contributed by atoms with Crippen LogP contribution in [0.1, 0.15) is 17.3 Å². The largest absolute Gasteiger partial charge is 0.507 e. The van der Waals surface area contributed by atoms with E-state index in [1.165, 1.54) is 12.1 Å². The Balaban J connectivity index is 2.07. The molecule has 0 bridgehead atoms. The van der Waals surface area contributed by atoms with E-state index in [9.17, 15) is 15.0 Å². The summed E-state index contributed by atoms with van der Waals surface area (Å²) in [4.78, 5) is 12.2. The molecular formula is C17H13BrClN3O3. The summed E-state index contributed by atoms with van der Waals surface area (Å²) in [6.07, 6.45) is 0. The summed E-state index contributed by atoms with van der Waals surface area (Å²) in [5, 5.41) is 28.8. The summed E-state index contributed by atoms with van der Waals surface area (Å²) in [5.74, 6) is -1.03. The maximum atomic E-state index is 12.2. The summed E-state index contributed by atoms with van der Waals surface area (Å²) < 4.78 is 2.27. The molecule has 25 heavy (non-hydrogen) atoms. The Morgan fingerprint density at radius 1 is 1.24 bits per heavy atom. The molecule has 0 unspecified atom stereocenters. The Kier molecular flexibility index (Phi) is 4.78. The van der Waals surface area contributed by atoms with Crippen molar-refractivity contribution in [3.63, 3.8) is 0 Å². The molecule has 0 atom stereocenters. The zero-order valence-electron chi connectivity index (χ0n) is 13.1. The van der Waals surface area contributed by atoms with Gasteiger partial charge in [-0.2, -0.15) is 0 Å². The highest BCUT2D eigenvalue weighted by atomic mass is 79.9. The Morgan fingerprint density at radius 3 is 2.72 bits per heavy atom. The predicted octanol–water partition coefficient (Wildman–Crippen LogP) is 5.41. The first kappa shape index (κ1) is 17.4. The van der Waals surface area contributed by atoms with Crippen molar-refractivity contribution in [2.75, 3.05) is 0 Å². The molecule has 8 heteroatoms. The zero-order valence-corrected chi connectivity index (χ0v) is 15.4. The fourth-order valence-corrected chi connectivity index (χ4v) is 3.08. The first-order valence-electron chi connectivity index (χ1n) is 7.37. The van der Waals surface area contributed by atoms with Gasteiger partial charge in [-0.1, -0.05) is 27.5 Å². The average Bonchev–Trinajstić information content (AvgIpc) is 2.85. The van der Waals surface area contributed by atoms with Crippen molar-refractivity contribution >= 4 is 50.0 Å². The van der Waals surface area contributed by atoms with Gasteiger partial charge in [0.2, 0.25) is 5.88 Å². The fourth-order valence-electron chi connectivity index (χ4n) is 2.54. The molecule has 3 rings (SSSR count). The van der Waals surface area contributed by atoms with Crippen LogP contribution in [0.5, 0.6) is 11.6 Å². The Labute approximate surface area is 156 Å². The number of hydrogen-bond donors (Lipinski definition) is 2. The predicted molar refractivity (Wildman–Crippen MR) is 98.9 cm³/mol. The molecule has 1 aromatic heterocycles. The number of phenols is 1. The Morgan fingerprint density at radius 2 is 2.00 bits per heavy atom. The number of azo groups is 1. The lowest BCUT2D eigenvalue weighted by Gasteiger charge is -2.01. The van der Waals surface area contributed by atoms with E-state index in [4.69, 9.17) is 11.6 Å². The molecule has 6 nitrogen and oxygen atoms in total. The first-order valence-corrected chi connectivity index (χ1v) is 8.54. The number of carbonyl (C=O) groups is 1. The quantitative estimate of drug-likeness (QED) is 0.553. The van der Waals surface area contributed by atoms with Gasteiger partial charge in [0.05, 0.1) is 11.1 Å². The van der Waals surface area contributed by atoms with Crippen LogP contribution in [0.2, 0.25) is 5.02 Å². The Bertz CT molecular complexity index is 1010. The minimum absolute atomic E-state index is 0.00915. The van der Waals surface area contributed by atoms with Crippen molar-refractivity contribution in [1.29, 1.82) is 0 Å². The fraction of sp³-hybridized carbons (Fsp3) is 0.118. The van der Waals surface area contributed by atoms with Crippen LogP contribution in [0.4, 0.5) is 5.69 Å². The molecule has 2 N–H and O–H groups in total. The number of rotatable bonds is 3. The number of carbonyl (C=O) groups excluding carboxylic acids is 1. The summed E-state index contributed by atoms with van der Waals surface area (Å²) in [6, 6.07) is 9.56. The molecule has 0 radical (unpaired) electrons. The van der Waals surface area contributed by atoms with Gasteiger partial charge in [0.25, 0.3) is 5.91 Å². The number of amides is 1. The lowest BCUT2D eigenvalue weighted by molar-refractivity contribution is 0.0992. The van der Waals surface area contributed by atoms with Gasteiger partial charge in [0.1, 0.15) is 5.75 Å². The number of aromatic nitrogens is 1. The van der Waals surface area contributed by atoms with Gasteiger partial charge < -0.3 is 14.8 Å². The Hall–Kier alpha value is -2.38. The number of hydrogen-bond acceptors (Lipinski definition) is 4. The zero-order chi connectivity index (χ0) is 18.1. The molecule has 2 aromatic carbocycles. The van der Waals surface area contributed by atoms with Crippen LogP contribution in [0.3, 0.4) is 0 Å². The van der Waals surface area contributed by atoms with E-state index >= 15 is 0 Å². The molecule has 128 valence electrons. The molecule has 3 aromatic rings. The van der Waals surface area contributed by atoms with E-state index in [0.717, 1.165) is 5.52 Å². The maximum absolute atomic E-state index is 12.2. The van der Waals surface area contributed by atoms with Crippen LogP contribution in [-0.2, 0) is 6.54 Å². The van der Waals surface area contributed by atoms with E-state index in [0.29, 0.717) is 21.4 Å². The maximum Gasteiger partial charge on any atom is 0.299 e. The molecular weight excluding hydrogens is 410 g/mol. The topological polar surface area (TPSA) is 87.2 Å². The smallest absolute Gasteiger partial charge is 0.299 e. The van der Waals surface area contributed by atoms with Gasteiger partial charge in [-0.3, -0.25) is 4.79 Å². The average molecular weight is 423 g/mol. The number of nitrogens with zero attached hydrogens (tertiary/aromatic N) is 3. The van der Waals surface area contributed by atoms with Gasteiger partial charge in [-0.05, 0) is 43.3 Å². The molecule has 0 saturated carbocycles. The van der Waals surface area contributed by atoms with Crippen LogP contribution < -0.4 is 0 Å². The minimum atomic E-state index is -0.724. The minimum Gasteiger partial charge on any atom is -0.507 e. The molecule has 0 fully saturated rings. The third-order valence-electron chi connectivity index (χ3n) is 3.72. The second kappa shape index (κ2) is 6.85. The second-order valence-electron chi connectivity index (χ2n) is 5.24. The van der Waals surface area contributed by atoms with Crippen molar-refractivity contribution in [2.24, 2.45) is 10.2 Å². The van der Waals surface area contributed by atoms with E-state index in [2.05, 4.69) is 26.2 Å². The molecule has 0 aliphatic carbocycles. The van der Waals surface area contributed by atoms with Crippen LogP contribution in [0, 0.1) is 0 Å². The van der Waals surface area contributed by atoms with E-state index in [1.807, 2.05) is 6.92 Å². The first-order chi connectivity index (χ1) is 11.9. The molecule has 0 spiro atoms. The number of aromatic hydroxyl groups is 2. The monoisotopic (exact) mass is 421 g/mol. The highest BCUT2D eigenvalue weighted by Gasteiger charge is 2.17. The highest BCUT2D eigenvalue weighted by Crippen LogP contribution is 2.40. The molecule has 0 aliphatic rings. The number of fused-ring (bicyclic) bond motifs is 1. The van der Waals surface area contributed by atoms with E-state index in [1.54, 1.807) is 28.8 Å². The lowest BCUT2D eigenvalue weighted by atomic mass is 10.2. The van der Waals surface area contributed by atoms with Crippen LogP contribution in [-0.4, -0.2) is 20.7 Å². The van der Waals surface area contributed by atoms with Crippen molar-refractivity contribution in [3.05, 3.63) is 51.5 Å². The second-order valence-corrected chi connectivity index (χ2v) is 6.60. The van der Waals surface area contributed by atoms with Crippen molar-refractivity contribution < 1.29 is 15.0 Å². The third-order valence-corrected chi connectivity index (χ3v) is 4.45. The molecule has 0 saturated heterocycles. The number of aryl methyl sites for hydroxylation is 1. The standard InChI is InChI=1S/C17H13BrClN3O3/c1-2-22-13-5-4-10(19)8-11(13)15(17(22)25)20-21-16(24)12-7-9(18)3-6-14(12)23/h3-8,23,25H,2H2,1H3. The van der Waals surface area contributed by atoms with Gasteiger partial charge in [0, 0.05) is 21.4 Å². The third kappa shape index (κ3) is 3.25. The van der Waals surface area contributed by atoms with Crippen LogP contribution >= 0.6 is 27.5 Å². The van der Waals surface area contributed by atoms with E-state index in [-0.39, 0.29) is 22.9 Å². The number of halogens is 2. The van der Waals surface area contributed by atoms with Gasteiger partial charge in [-0.25, -0.2) is 0 Å². The summed E-state index contributed by atoms with van der Waals surface area (Å²) in [5.41, 5.74) is 0.896. The van der Waals surface area contributed by atoms with Crippen molar-refractivity contribution in [1.82, 2.24) is 4.57 Å². The van der Waals surface area contributed by atoms with Crippen LogP contribution in [0.15, 0.2) is 51.1 Å². The SMILES string of the molecule is CCn1c(O)c(N=NC(=O)c2cc(Br)ccc2O)c2cc(Cl)ccc21. The van der Waals surface area contributed by atoms with Gasteiger partial charge in [0.15, 0.2) is 5.69 Å². The van der Waals surface area contributed by atoms with Gasteiger partial charge in [-0.15, -0.1) is 10.2 Å². The van der Waals surface area contributed by atoms with Gasteiger partial charge >= 0.3 is 0 Å². The van der Waals surface area contributed by atoms with Crippen LogP contribution in [0.25, 0.3) is 10.9 Å². The number of benzene rings is 2. The van der Waals surface area contributed by atoms with Crippen molar-refractivity contribution in [3.8, 4) is 11.6 Å². The van der Waals surface area contributed by atoms with E-state index < -0.39 is 5.91 Å². The summed E-state index contributed by atoms with van der Waals surface area (Å²) in [7, 11) is 0.